The Hall–Kier alpha value is -5.59. The molecular weight excluding hydrogens is 726 g/mol. The smallest absolute Gasteiger partial charge is 0.260 e. The summed E-state index contributed by atoms with van der Waals surface area (Å²) in [6, 6.07) is 26.0. The van der Waals surface area contributed by atoms with Crippen LogP contribution in [-0.2, 0) is 19.4 Å². The van der Waals surface area contributed by atoms with Crippen molar-refractivity contribution in [1.29, 1.82) is 5.41 Å². The molecule has 8 rings (SSSR count). The third-order valence-corrected chi connectivity index (χ3v) is 10.5. The summed E-state index contributed by atoms with van der Waals surface area (Å²) in [7, 11) is 0. The molecule has 0 aliphatic carbocycles. The van der Waals surface area contributed by atoms with E-state index in [0.717, 1.165) is 17.5 Å². The van der Waals surface area contributed by atoms with Crippen molar-refractivity contribution < 1.29 is 28.2 Å². The van der Waals surface area contributed by atoms with Gasteiger partial charge in [-0.25, -0.2) is 13.8 Å². The van der Waals surface area contributed by atoms with E-state index in [2.05, 4.69) is 24.5 Å². The number of allylic oxidation sites excluding steroid dienone is 2. The predicted octanol–water partition coefficient (Wildman–Crippen LogP) is 7.85. The van der Waals surface area contributed by atoms with Gasteiger partial charge in [-0.1, -0.05) is 36.4 Å². The van der Waals surface area contributed by atoms with E-state index in [9.17, 15) is 24.1 Å². The molecule has 10 nitrogen and oxygen atoms in total. The number of guanidine groups is 1. The topological polar surface area (TPSA) is 105 Å². The van der Waals surface area contributed by atoms with Gasteiger partial charge in [0.1, 0.15) is 5.75 Å². The number of carbonyl (C=O) groups is 1. The van der Waals surface area contributed by atoms with Gasteiger partial charge in [-0.2, -0.15) is 0 Å². The van der Waals surface area contributed by atoms with Crippen LogP contribution in [0.4, 0.5) is 20.2 Å². The average molecular weight is 769 g/mol. The number of hydrogen-bond acceptors (Lipinski definition) is 7. The van der Waals surface area contributed by atoms with Crippen molar-refractivity contribution in [3.05, 3.63) is 131 Å². The maximum atomic E-state index is 14.4. The molecule has 0 radical (unpaired) electrons. The molecular formula is C42H43ClF2N6O4. The number of halogens is 3. The largest absolute Gasteiger partial charge is 0.508 e. The molecule has 1 amide bonds. The van der Waals surface area contributed by atoms with Crippen LogP contribution < -0.4 is 19.8 Å². The molecule has 1 atom stereocenters. The van der Waals surface area contributed by atoms with E-state index in [1.54, 1.807) is 58.6 Å². The highest BCUT2D eigenvalue weighted by atomic mass is 35.5. The number of likely N-dealkylation sites (tertiary alicyclic amines) is 1. The van der Waals surface area contributed by atoms with Gasteiger partial charge >= 0.3 is 0 Å². The zero-order chi connectivity index (χ0) is 37.4. The highest BCUT2D eigenvalue weighted by Gasteiger charge is 2.35. The Morgan fingerprint density at radius 2 is 1.69 bits per heavy atom. The lowest BCUT2D eigenvalue weighted by Gasteiger charge is -2.36. The molecule has 4 aromatic carbocycles. The van der Waals surface area contributed by atoms with Crippen molar-refractivity contribution in [3.63, 3.8) is 0 Å². The zero-order valence-electron chi connectivity index (χ0n) is 30.4. The lowest BCUT2D eigenvalue weighted by molar-refractivity contribution is -0.0635. The van der Waals surface area contributed by atoms with Gasteiger partial charge in [-0.3, -0.25) is 25.4 Å². The lowest BCUT2D eigenvalue weighted by atomic mass is 9.93. The summed E-state index contributed by atoms with van der Waals surface area (Å²) in [6.07, 6.45) is 7.19. The minimum absolute atomic E-state index is 0. The summed E-state index contributed by atoms with van der Waals surface area (Å²) in [5.74, 6) is -1.62. The molecule has 1 saturated heterocycles. The quantitative estimate of drug-likeness (QED) is 0.129. The van der Waals surface area contributed by atoms with E-state index < -0.39 is 5.92 Å². The Labute approximate surface area is 325 Å². The Morgan fingerprint density at radius 1 is 1.00 bits per heavy atom. The van der Waals surface area contributed by atoms with E-state index in [1.165, 1.54) is 5.56 Å². The molecule has 0 saturated carbocycles. The van der Waals surface area contributed by atoms with Crippen LogP contribution in [0.2, 0.25) is 0 Å². The van der Waals surface area contributed by atoms with Crippen molar-refractivity contribution in [2.75, 3.05) is 31.3 Å². The number of carbonyl (C=O) groups excluding carboxylic acids is 1. The SMILES string of the molecule is C[C@@H]1Cc2ccccc2CN1C(=O)c1cc2c(cc1C1=CC=CN(C(=N)N(c3ccc(O)cc3)c3ccc(CCN4CCCC(F)(F)C4)cc3)N1)OCO2.Cl. The summed E-state index contributed by atoms with van der Waals surface area (Å²) in [5.41, 5.74) is 9.66. The lowest BCUT2D eigenvalue weighted by Crippen LogP contribution is -2.46. The molecule has 55 heavy (non-hydrogen) atoms. The number of phenolic OH excluding ortho intramolecular Hbond substituents is 1. The van der Waals surface area contributed by atoms with Crippen LogP contribution in [0.3, 0.4) is 0 Å². The van der Waals surface area contributed by atoms with Gasteiger partial charge in [-0.15, -0.1) is 12.4 Å². The van der Waals surface area contributed by atoms with Gasteiger partial charge in [0.05, 0.1) is 17.8 Å². The van der Waals surface area contributed by atoms with Crippen molar-refractivity contribution in [1.82, 2.24) is 20.2 Å². The number of nitrogens with one attached hydrogen (secondary N) is 2. The monoisotopic (exact) mass is 768 g/mol. The van der Waals surface area contributed by atoms with Crippen LogP contribution in [0, 0.1) is 5.41 Å². The van der Waals surface area contributed by atoms with E-state index in [1.807, 2.05) is 52.3 Å². The second kappa shape index (κ2) is 15.6. The second-order valence-electron chi connectivity index (χ2n) is 14.2. The van der Waals surface area contributed by atoms with Crippen LogP contribution >= 0.6 is 12.4 Å². The third-order valence-electron chi connectivity index (χ3n) is 10.5. The fourth-order valence-corrected chi connectivity index (χ4v) is 7.59. The van der Waals surface area contributed by atoms with Crippen molar-refractivity contribution >= 4 is 41.3 Å². The van der Waals surface area contributed by atoms with Crippen molar-refractivity contribution in [3.8, 4) is 17.2 Å². The number of amides is 1. The van der Waals surface area contributed by atoms with Crippen molar-refractivity contribution in [2.24, 2.45) is 0 Å². The molecule has 1 fully saturated rings. The molecule has 0 unspecified atom stereocenters. The number of benzene rings is 4. The van der Waals surface area contributed by atoms with Crippen LogP contribution in [0.1, 0.15) is 52.4 Å². The number of aromatic hydroxyl groups is 1. The summed E-state index contributed by atoms with van der Waals surface area (Å²) < 4.78 is 39.4. The van der Waals surface area contributed by atoms with Gasteiger partial charge in [0.15, 0.2) is 11.5 Å². The van der Waals surface area contributed by atoms with Crippen LogP contribution in [0.25, 0.3) is 5.70 Å². The average Bonchev–Trinajstić information content (AvgIpc) is 3.65. The maximum Gasteiger partial charge on any atom is 0.260 e. The number of nitrogens with zero attached hydrogens (tertiary/aromatic N) is 4. The second-order valence-corrected chi connectivity index (χ2v) is 14.2. The number of fused-ring (bicyclic) bond motifs is 2. The highest BCUT2D eigenvalue weighted by Crippen LogP contribution is 2.39. The maximum absolute atomic E-state index is 14.4. The normalized spacial score (nSPS) is 18.5. The Bertz CT molecular complexity index is 2130. The van der Waals surface area contributed by atoms with E-state index in [0.29, 0.717) is 72.2 Å². The first-order chi connectivity index (χ1) is 26.1. The summed E-state index contributed by atoms with van der Waals surface area (Å²) in [6.45, 7) is 3.60. The Morgan fingerprint density at radius 3 is 2.42 bits per heavy atom. The fraction of sp³-hybridized carbons (Fsp3) is 0.286. The molecule has 3 N–H and O–H groups in total. The zero-order valence-corrected chi connectivity index (χ0v) is 31.2. The predicted molar refractivity (Wildman–Crippen MR) is 210 cm³/mol. The number of anilines is 2. The van der Waals surface area contributed by atoms with Crippen LogP contribution in [-0.4, -0.2) is 70.2 Å². The fourth-order valence-electron chi connectivity index (χ4n) is 7.59. The standard InChI is InChI=1S/C42H42F2N6O4.ClH/c1-28-22-30-6-2-3-7-31(30)25-48(28)40(52)36-24-39-38(53-27-54-39)23-35(36)37-8-4-20-49(46-37)41(45)50(33-13-15-34(51)16-14-33)32-11-9-29(10-12-32)17-21-47-19-5-18-42(43,44)26-47;/h2-4,6-16,20,23-24,28,45-46,51H,5,17-19,21-22,25-27H2,1H3;1H/t28-;/m1./s1. The van der Waals surface area contributed by atoms with Gasteiger partial charge in [0.25, 0.3) is 11.8 Å². The molecule has 4 heterocycles. The third kappa shape index (κ3) is 7.97. The number of alkyl halides is 2. The van der Waals surface area contributed by atoms with E-state index >= 15 is 0 Å². The first-order valence-electron chi connectivity index (χ1n) is 18.2. The van der Waals surface area contributed by atoms with Gasteiger partial charge in [0.2, 0.25) is 12.8 Å². The number of piperidine rings is 1. The minimum Gasteiger partial charge on any atom is -0.508 e. The minimum atomic E-state index is -2.64. The van der Waals surface area contributed by atoms with E-state index in [4.69, 9.17) is 9.47 Å². The number of ether oxygens (including phenoxy) is 2. The number of phenols is 1. The summed E-state index contributed by atoms with van der Waals surface area (Å²) >= 11 is 0. The van der Waals surface area contributed by atoms with Gasteiger partial charge in [0, 0.05) is 48.7 Å². The molecule has 0 aromatic heterocycles. The molecule has 0 bridgehead atoms. The molecule has 286 valence electrons. The molecule has 13 heteroatoms. The van der Waals surface area contributed by atoms with E-state index in [-0.39, 0.29) is 55.8 Å². The first kappa shape index (κ1) is 37.7. The number of hydrazine groups is 1. The number of rotatable bonds is 7. The van der Waals surface area contributed by atoms with Gasteiger partial charge in [-0.05, 0) is 110 Å². The number of hydrogen-bond donors (Lipinski definition) is 3. The molecule has 4 aliphatic rings. The van der Waals surface area contributed by atoms with Gasteiger partial charge < -0.3 is 19.5 Å². The Kier molecular flexibility index (Phi) is 10.7. The molecule has 4 aliphatic heterocycles. The van der Waals surface area contributed by atoms with Crippen molar-refractivity contribution in [2.45, 2.75) is 51.1 Å². The molecule has 4 aromatic rings. The summed E-state index contributed by atoms with van der Waals surface area (Å²) in [5, 5.41) is 21.1. The van der Waals surface area contributed by atoms with Crippen LogP contribution in [0.15, 0.2) is 103 Å². The summed E-state index contributed by atoms with van der Waals surface area (Å²) in [4.78, 5) is 19.9. The highest BCUT2D eigenvalue weighted by molar-refractivity contribution is 6.03. The Balaban J connectivity index is 0.00000465. The van der Waals surface area contributed by atoms with Crippen LogP contribution in [0.5, 0.6) is 17.2 Å². The first-order valence-corrected chi connectivity index (χ1v) is 18.2. The molecule has 0 spiro atoms.